The van der Waals surface area contributed by atoms with E-state index in [4.69, 9.17) is 38.9 Å². The fraction of sp³-hybridized carbons (Fsp3) is 0.576. The lowest BCUT2D eigenvalue weighted by atomic mass is 10.2. The number of ether oxygens (including phenoxy) is 5. The molecule has 1 fully saturated rings. The van der Waals surface area contributed by atoms with Crippen molar-refractivity contribution in [2.75, 3.05) is 132 Å². The quantitative estimate of drug-likeness (QED) is 0.141. The second kappa shape index (κ2) is 18.8. The van der Waals surface area contributed by atoms with Crippen LogP contribution in [0.4, 0.5) is 42.7 Å². The number of rotatable bonds is 20. The molecule has 4 heterocycles. The topological polar surface area (TPSA) is 153 Å². The monoisotopic (exact) mass is 748 g/mol. The first-order valence-electron chi connectivity index (χ1n) is 17.1. The van der Waals surface area contributed by atoms with Crippen molar-refractivity contribution in [2.24, 2.45) is 7.05 Å². The third-order valence-electron chi connectivity index (χ3n) is 8.37. The van der Waals surface area contributed by atoms with Gasteiger partial charge in [0.05, 0.1) is 26.4 Å². The molecule has 0 amide bonds. The van der Waals surface area contributed by atoms with Crippen LogP contribution in [0, 0.1) is 0 Å². The minimum Gasteiger partial charge on any atom is -0.406 e. The van der Waals surface area contributed by atoms with Crippen molar-refractivity contribution in [3.05, 3.63) is 36.2 Å². The highest BCUT2D eigenvalue weighted by molar-refractivity contribution is 5.95. The highest BCUT2D eigenvalue weighted by Gasteiger charge is 2.31. The van der Waals surface area contributed by atoms with Crippen molar-refractivity contribution in [2.45, 2.75) is 12.9 Å². The van der Waals surface area contributed by atoms with Gasteiger partial charge in [0.2, 0.25) is 17.8 Å². The summed E-state index contributed by atoms with van der Waals surface area (Å²) < 4.78 is 66.5. The smallest absolute Gasteiger partial charge is 0.406 e. The summed E-state index contributed by atoms with van der Waals surface area (Å²) in [6.07, 6.45) is -3.15. The van der Waals surface area contributed by atoms with E-state index < -0.39 is 6.36 Å². The Kier molecular flexibility index (Phi) is 14.0. The lowest BCUT2D eigenvalue weighted by Crippen LogP contribution is -2.47. The highest BCUT2D eigenvalue weighted by Crippen LogP contribution is 2.33. The number of halogens is 3. The molecule has 0 unspecified atom stereocenters. The van der Waals surface area contributed by atoms with Crippen LogP contribution in [0.15, 0.2) is 30.6 Å². The van der Waals surface area contributed by atoms with Crippen molar-refractivity contribution in [3.63, 3.8) is 0 Å². The summed E-state index contributed by atoms with van der Waals surface area (Å²) in [5.74, 6) is 2.10. The molecule has 5 rings (SSSR count). The molecule has 0 spiro atoms. The number of methoxy groups -OCH3 is 4. The van der Waals surface area contributed by atoms with E-state index in [0.717, 1.165) is 0 Å². The Balaban J connectivity index is 1.62. The van der Waals surface area contributed by atoms with Gasteiger partial charge in [0.15, 0.2) is 11.6 Å². The first kappa shape index (κ1) is 39.4. The molecule has 1 saturated heterocycles. The van der Waals surface area contributed by atoms with E-state index in [-0.39, 0.29) is 12.3 Å². The number of piperazine rings is 1. The Hall–Kier alpha value is -4.79. The van der Waals surface area contributed by atoms with Gasteiger partial charge in [-0.3, -0.25) is 4.68 Å². The van der Waals surface area contributed by atoms with Gasteiger partial charge in [0.1, 0.15) is 23.1 Å². The van der Waals surface area contributed by atoms with Gasteiger partial charge in [-0.1, -0.05) is 12.1 Å². The van der Waals surface area contributed by atoms with Crippen LogP contribution < -0.4 is 29.7 Å². The summed E-state index contributed by atoms with van der Waals surface area (Å²) in [7, 11) is 8.32. The summed E-state index contributed by atoms with van der Waals surface area (Å²) in [4.78, 5) is 32.8. The number of nitrogens with zero attached hydrogens (tertiary/aromatic N) is 11. The first-order valence-corrected chi connectivity index (χ1v) is 17.1. The standard InChI is InChI=1S/C33H47F3N12O5/c1-44-23-38-30(43-44)46-11-9-45(10-12-46)29-27-26(39-32(42-29)48(15-19-51-4)16-20-52-5)28(41-31(40-27)47(13-17-49-2)14-18-50-3)37-22-24-7-6-8-25(21-24)53-33(34,35)36/h6-8,21,23H,9-20,22H2,1-5H3,(H,37,40,41). The lowest BCUT2D eigenvalue weighted by Gasteiger charge is -2.35. The van der Waals surface area contributed by atoms with E-state index in [9.17, 15) is 13.2 Å². The van der Waals surface area contributed by atoms with Gasteiger partial charge < -0.3 is 48.6 Å². The second-order valence-corrected chi connectivity index (χ2v) is 12.1. The van der Waals surface area contributed by atoms with Crippen molar-refractivity contribution in [1.82, 2.24) is 34.7 Å². The molecule has 1 N–H and O–H groups in total. The number of anilines is 5. The number of hydrogen-bond donors (Lipinski definition) is 1. The zero-order valence-electron chi connectivity index (χ0n) is 30.7. The van der Waals surface area contributed by atoms with Crippen LogP contribution in [-0.2, 0) is 32.5 Å². The van der Waals surface area contributed by atoms with Crippen LogP contribution in [0.3, 0.4) is 0 Å². The van der Waals surface area contributed by atoms with E-state index in [1.807, 2.05) is 16.8 Å². The molecule has 1 aromatic carbocycles. The minimum atomic E-state index is -4.82. The Bertz CT molecular complexity index is 1730. The van der Waals surface area contributed by atoms with E-state index in [2.05, 4.69) is 29.9 Å². The van der Waals surface area contributed by atoms with E-state index in [1.54, 1.807) is 45.5 Å². The summed E-state index contributed by atoms with van der Waals surface area (Å²) >= 11 is 0. The predicted octanol–water partition coefficient (Wildman–Crippen LogP) is 2.58. The summed E-state index contributed by atoms with van der Waals surface area (Å²) in [6.45, 7) is 6.10. The average molecular weight is 749 g/mol. The summed E-state index contributed by atoms with van der Waals surface area (Å²) in [5, 5.41) is 7.81. The third-order valence-corrected chi connectivity index (χ3v) is 8.37. The first-order chi connectivity index (χ1) is 25.6. The van der Waals surface area contributed by atoms with Gasteiger partial charge in [-0.2, -0.15) is 9.97 Å². The number of nitrogens with one attached hydrogen (secondary N) is 1. The van der Waals surface area contributed by atoms with Crippen molar-refractivity contribution < 1.29 is 36.9 Å². The predicted molar refractivity (Wildman–Crippen MR) is 193 cm³/mol. The molecule has 290 valence electrons. The fourth-order valence-electron chi connectivity index (χ4n) is 5.66. The average Bonchev–Trinajstić information content (AvgIpc) is 3.59. The number of fused-ring (bicyclic) bond motifs is 1. The largest absolute Gasteiger partial charge is 0.573 e. The van der Waals surface area contributed by atoms with E-state index in [1.165, 1.54) is 18.2 Å². The maximum atomic E-state index is 13.0. The molecule has 3 aromatic heterocycles. The molecule has 20 heteroatoms. The second-order valence-electron chi connectivity index (χ2n) is 12.1. The van der Waals surface area contributed by atoms with E-state index >= 15 is 0 Å². The number of aryl methyl sites for hydroxylation is 1. The zero-order chi connectivity index (χ0) is 37.8. The van der Waals surface area contributed by atoms with Crippen molar-refractivity contribution in [3.8, 4) is 5.75 Å². The number of alkyl halides is 3. The molecule has 0 bridgehead atoms. The molecule has 0 atom stereocenters. The molecule has 0 saturated carbocycles. The Morgan fingerprint density at radius 2 is 1.32 bits per heavy atom. The Morgan fingerprint density at radius 1 is 0.755 bits per heavy atom. The summed E-state index contributed by atoms with van der Waals surface area (Å²) in [5.41, 5.74) is 1.47. The molecular weight excluding hydrogens is 701 g/mol. The third kappa shape index (κ3) is 10.9. The zero-order valence-corrected chi connectivity index (χ0v) is 30.7. The van der Waals surface area contributed by atoms with Crippen LogP contribution in [0.25, 0.3) is 11.0 Å². The van der Waals surface area contributed by atoms with Crippen LogP contribution in [0.2, 0.25) is 0 Å². The van der Waals surface area contributed by atoms with Gasteiger partial charge in [-0.05, 0) is 17.7 Å². The van der Waals surface area contributed by atoms with Gasteiger partial charge >= 0.3 is 6.36 Å². The normalized spacial score (nSPS) is 13.5. The number of benzene rings is 1. The number of aromatic nitrogens is 7. The lowest BCUT2D eigenvalue weighted by molar-refractivity contribution is -0.274. The Labute approximate surface area is 306 Å². The van der Waals surface area contributed by atoms with E-state index in [0.29, 0.717) is 125 Å². The van der Waals surface area contributed by atoms with Crippen LogP contribution >= 0.6 is 0 Å². The molecule has 1 aliphatic rings. The molecule has 53 heavy (non-hydrogen) atoms. The Morgan fingerprint density at radius 3 is 1.87 bits per heavy atom. The summed E-state index contributed by atoms with van der Waals surface area (Å²) in [6, 6.07) is 5.78. The van der Waals surface area contributed by atoms with Crippen molar-refractivity contribution >= 4 is 40.5 Å². The molecule has 0 radical (unpaired) electrons. The van der Waals surface area contributed by atoms with Crippen LogP contribution in [-0.4, -0.2) is 148 Å². The molecule has 17 nitrogen and oxygen atoms in total. The SMILES string of the molecule is COCCN(CCOC)c1nc(N2CCN(c3ncn(C)n3)CC2)c2nc(N(CCOC)CCOC)nc(NCc3cccc(OC(F)(F)F)c3)c2n1. The molecule has 1 aliphatic heterocycles. The molecule has 4 aromatic rings. The van der Waals surface area contributed by atoms with Gasteiger partial charge in [0.25, 0.3) is 0 Å². The van der Waals surface area contributed by atoms with Gasteiger partial charge in [-0.15, -0.1) is 18.3 Å². The van der Waals surface area contributed by atoms with Crippen LogP contribution in [0.5, 0.6) is 5.75 Å². The molecular formula is C33H47F3N12O5. The fourth-order valence-corrected chi connectivity index (χ4v) is 5.66. The van der Waals surface area contributed by atoms with Gasteiger partial charge in [-0.25, -0.2) is 15.0 Å². The number of hydrogen-bond acceptors (Lipinski definition) is 16. The maximum absolute atomic E-state index is 13.0. The van der Waals surface area contributed by atoms with Crippen molar-refractivity contribution in [1.29, 1.82) is 0 Å². The highest BCUT2D eigenvalue weighted by atomic mass is 19.4. The molecule has 0 aliphatic carbocycles. The van der Waals surface area contributed by atoms with Crippen LogP contribution in [0.1, 0.15) is 5.56 Å². The minimum absolute atomic E-state index is 0.109. The van der Waals surface area contributed by atoms with Gasteiger partial charge in [0, 0.05) is 94.4 Å². The maximum Gasteiger partial charge on any atom is 0.573 e.